The summed E-state index contributed by atoms with van der Waals surface area (Å²) >= 11 is 0. The summed E-state index contributed by atoms with van der Waals surface area (Å²) in [5.41, 5.74) is 0. The molecule has 0 amide bonds. The zero-order valence-corrected chi connectivity index (χ0v) is 14.4. The first-order valence-electron chi connectivity index (χ1n) is 7.89. The van der Waals surface area contributed by atoms with E-state index in [0.717, 1.165) is 43.1 Å². The van der Waals surface area contributed by atoms with Crippen LogP contribution in [0.3, 0.4) is 0 Å². The van der Waals surface area contributed by atoms with Gasteiger partial charge in [-0.2, -0.15) is 4.31 Å². The molecule has 2 unspecified atom stereocenters. The lowest BCUT2D eigenvalue weighted by Gasteiger charge is -2.27. The molecule has 0 radical (unpaired) electrons. The smallest absolute Gasteiger partial charge is 0.243 e. The number of nitrogens with zero attached hydrogens (tertiary/aromatic N) is 1. The number of benzene rings is 2. The Bertz CT molecular complexity index is 795. The molecule has 2 atom stereocenters. The second-order valence-corrected chi connectivity index (χ2v) is 8.06. The Morgan fingerprint density at radius 1 is 0.957 bits per heavy atom. The minimum Gasteiger partial charge on any atom is -0.315 e. The summed E-state index contributed by atoms with van der Waals surface area (Å²) in [6.45, 7) is 1.67. The summed E-state index contributed by atoms with van der Waals surface area (Å²) in [6.07, 6.45) is 2.85. The van der Waals surface area contributed by atoms with Gasteiger partial charge >= 0.3 is 0 Å². The van der Waals surface area contributed by atoms with Gasteiger partial charge in [-0.3, -0.25) is 0 Å². The zero-order valence-electron chi connectivity index (χ0n) is 12.8. The minimum atomic E-state index is -3.42. The van der Waals surface area contributed by atoms with Crippen LogP contribution < -0.4 is 5.32 Å². The number of hydrogen-bond donors (Lipinski definition) is 1. The highest BCUT2D eigenvalue weighted by Crippen LogP contribution is 2.34. The van der Waals surface area contributed by atoms with E-state index in [1.54, 1.807) is 10.4 Å². The summed E-state index contributed by atoms with van der Waals surface area (Å²) in [7, 11) is -3.42. The predicted octanol–water partition coefficient (Wildman–Crippen LogP) is 2.78. The second-order valence-electron chi connectivity index (χ2n) is 6.22. The van der Waals surface area contributed by atoms with Gasteiger partial charge in [0.25, 0.3) is 0 Å². The Balaban J connectivity index is 0.00000156. The standard InChI is InChI=1S/C17H20N2O2S.ClH/c20-22(21,19-15-6-7-16(19)12-18-10-9-15)17-8-5-13-3-1-2-4-14(13)11-17;/h1-5,8,11,15-16,18H,6-7,9-10,12H2;1H. The molecular weight excluding hydrogens is 332 g/mol. The van der Waals surface area contributed by atoms with Crippen LogP contribution in [0.1, 0.15) is 19.3 Å². The molecule has 124 valence electrons. The minimum absolute atomic E-state index is 0. The topological polar surface area (TPSA) is 49.4 Å². The van der Waals surface area contributed by atoms with E-state index in [9.17, 15) is 8.42 Å². The van der Waals surface area contributed by atoms with Crippen LogP contribution in [0.2, 0.25) is 0 Å². The van der Waals surface area contributed by atoms with Crippen LogP contribution in [0.5, 0.6) is 0 Å². The van der Waals surface area contributed by atoms with Gasteiger partial charge in [-0.05, 0) is 48.7 Å². The molecule has 2 saturated heterocycles. The Hall–Kier alpha value is -1.14. The van der Waals surface area contributed by atoms with E-state index in [1.165, 1.54) is 0 Å². The van der Waals surface area contributed by atoms with E-state index in [4.69, 9.17) is 0 Å². The fourth-order valence-electron chi connectivity index (χ4n) is 3.78. The fourth-order valence-corrected chi connectivity index (χ4v) is 5.72. The van der Waals surface area contributed by atoms with Gasteiger partial charge in [-0.25, -0.2) is 8.42 Å². The molecule has 2 bridgehead atoms. The lowest BCUT2D eigenvalue weighted by atomic mass is 10.1. The van der Waals surface area contributed by atoms with Gasteiger partial charge in [0.15, 0.2) is 0 Å². The first-order valence-corrected chi connectivity index (χ1v) is 9.33. The maximum Gasteiger partial charge on any atom is 0.243 e. The van der Waals surface area contributed by atoms with Crippen molar-refractivity contribution in [1.82, 2.24) is 9.62 Å². The van der Waals surface area contributed by atoms with Crippen molar-refractivity contribution in [3.8, 4) is 0 Å². The number of sulfonamides is 1. The molecule has 2 aromatic carbocycles. The van der Waals surface area contributed by atoms with Crippen LogP contribution in [-0.2, 0) is 10.0 Å². The molecule has 0 aliphatic carbocycles. The third-order valence-electron chi connectivity index (χ3n) is 4.88. The molecule has 1 N–H and O–H groups in total. The highest BCUT2D eigenvalue weighted by molar-refractivity contribution is 7.89. The molecule has 0 saturated carbocycles. The van der Waals surface area contributed by atoms with Crippen molar-refractivity contribution < 1.29 is 8.42 Å². The molecule has 0 aromatic heterocycles. The highest BCUT2D eigenvalue weighted by Gasteiger charge is 2.42. The molecule has 2 fully saturated rings. The number of nitrogens with one attached hydrogen (secondary N) is 1. The van der Waals surface area contributed by atoms with Crippen LogP contribution in [-0.4, -0.2) is 37.9 Å². The van der Waals surface area contributed by atoms with Gasteiger partial charge in [-0.1, -0.05) is 30.3 Å². The first-order chi connectivity index (χ1) is 10.7. The van der Waals surface area contributed by atoms with Crippen molar-refractivity contribution >= 4 is 33.2 Å². The van der Waals surface area contributed by atoms with Gasteiger partial charge in [0.05, 0.1) is 4.90 Å². The number of hydrogen-bond acceptors (Lipinski definition) is 3. The SMILES string of the molecule is Cl.O=S(=O)(c1ccc2ccccc2c1)N1C2CCNCC1CC2. The molecule has 2 aliphatic rings. The van der Waals surface area contributed by atoms with E-state index < -0.39 is 10.0 Å². The number of halogens is 1. The molecule has 6 heteroatoms. The van der Waals surface area contributed by atoms with Gasteiger partial charge in [-0.15, -0.1) is 12.4 Å². The monoisotopic (exact) mass is 352 g/mol. The third kappa shape index (κ3) is 2.87. The molecule has 23 heavy (non-hydrogen) atoms. The van der Waals surface area contributed by atoms with Crippen LogP contribution in [0.25, 0.3) is 10.8 Å². The van der Waals surface area contributed by atoms with Crippen LogP contribution >= 0.6 is 12.4 Å². The van der Waals surface area contributed by atoms with Gasteiger partial charge in [0.1, 0.15) is 0 Å². The van der Waals surface area contributed by atoms with Crippen molar-refractivity contribution in [2.24, 2.45) is 0 Å². The van der Waals surface area contributed by atoms with Crippen LogP contribution in [0.15, 0.2) is 47.4 Å². The lowest BCUT2D eigenvalue weighted by molar-refractivity contribution is 0.334. The Kier molecular flexibility index (Phi) is 4.65. The number of rotatable bonds is 2. The summed E-state index contributed by atoms with van der Waals surface area (Å²) < 4.78 is 28.1. The Labute approximate surface area is 143 Å². The predicted molar refractivity (Wildman–Crippen MR) is 94.5 cm³/mol. The number of fused-ring (bicyclic) bond motifs is 3. The van der Waals surface area contributed by atoms with Gasteiger partial charge in [0.2, 0.25) is 10.0 Å². The highest BCUT2D eigenvalue weighted by atomic mass is 35.5. The third-order valence-corrected chi connectivity index (χ3v) is 6.88. The van der Waals surface area contributed by atoms with E-state index >= 15 is 0 Å². The molecule has 2 aromatic rings. The normalized spacial score (nSPS) is 25.0. The largest absolute Gasteiger partial charge is 0.315 e. The van der Waals surface area contributed by atoms with Gasteiger partial charge < -0.3 is 5.32 Å². The summed E-state index contributed by atoms with van der Waals surface area (Å²) in [4.78, 5) is 0.421. The molecule has 2 aliphatic heterocycles. The van der Waals surface area contributed by atoms with E-state index in [1.807, 2.05) is 36.4 Å². The van der Waals surface area contributed by atoms with Crippen molar-refractivity contribution in [3.05, 3.63) is 42.5 Å². The summed E-state index contributed by atoms with van der Waals surface area (Å²) in [5.74, 6) is 0. The Morgan fingerprint density at radius 3 is 2.52 bits per heavy atom. The maximum absolute atomic E-state index is 13.1. The molecule has 2 heterocycles. The Morgan fingerprint density at radius 2 is 1.70 bits per heavy atom. The molecule has 4 rings (SSSR count). The average molecular weight is 353 g/mol. The molecular formula is C17H21ClN2O2S. The maximum atomic E-state index is 13.1. The average Bonchev–Trinajstić information content (AvgIpc) is 2.80. The molecule has 4 nitrogen and oxygen atoms in total. The lowest BCUT2D eigenvalue weighted by Crippen LogP contribution is -2.42. The van der Waals surface area contributed by atoms with Crippen molar-refractivity contribution in [3.63, 3.8) is 0 Å². The molecule has 0 spiro atoms. The van der Waals surface area contributed by atoms with E-state index in [0.29, 0.717) is 4.90 Å². The van der Waals surface area contributed by atoms with E-state index in [-0.39, 0.29) is 24.5 Å². The van der Waals surface area contributed by atoms with Crippen LogP contribution in [0.4, 0.5) is 0 Å². The fraction of sp³-hybridized carbons (Fsp3) is 0.412. The summed E-state index contributed by atoms with van der Waals surface area (Å²) in [6, 6.07) is 13.6. The van der Waals surface area contributed by atoms with Crippen molar-refractivity contribution in [2.75, 3.05) is 13.1 Å². The van der Waals surface area contributed by atoms with E-state index in [2.05, 4.69) is 5.32 Å². The van der Waals surface area contributed by atoms with Gasteiger partial charge in [0, 0.05) is 18.6 Å². The second kappa shape index (κ2) is 6.40. The first kappa shape index (κ1) is 16.7. The van der Waals surface area contributed by atoms with Crippen molar-refractivity contribution in [1.29, 1.82) is 0 Å². The quantitative estimate of drug-likeness (QED) is 0.904. The zero-order chi connectivity index (χ0) is 15.2. The van der Waals surface area contributed by atoms with Crippen molar-refractivity contribution in [2.45, 2.75) is 36.2 Å². The summed E-state index contributed by atoms with van der Waals surface area (Å²) in [5, 5.41) is 5.40. The van der Waals surface area contributed by atoms with Crippen LogP contribution in [0, 0.1) is 0 Å².